The lowest BCUT2D eigenvalue weighted by Crippen LogP contribution is -2.35. The summed E-state index contributed by atoms with van der Waals surface area (Å²) in [5, 5.41) is 8.18. The molecule has 1 N–H and O–H groups in total. The summed E-state index contributed by atoms with van der Waals surface area (Å²) < 4.78 is 7.25. The van der Waals surface area contributed by atoms with E-state index < -0.39 is 0 Å². The zero-order chi connectivity index (χ0) is 20.9. The van der Waals surface area contributed by atoms with Crippen molar-refractivity contribution in [1.82, 2.24) is 20.0 Å². The highest BCUT2D eigenvalue weighted by Gasteiger charge is 2.19. The summed E-state index contributed by atoms with van der Waals surface area (Å²) in [6, 6.07) is 12.7. The third-order valence-corrected chi connectivity index (χ3v) is 5.85. The minimum absolute atomic E-state index is 0.178. The van der Waals surface area contributed by atoms with Gasteiger partial charge in [0.2, 0.25) is 0 Å². The molecule has 3 heterocycles. The van der Waals surface area contributed by atoms with Crippen LogP contribution in [0.4, 0.5) is 0 Å². The lowest BCUT2D eigenvalue weighted by molar-refractivity contribution is 0.0945. The molecule has 0 radical (unpaired) electrons. The fourth-order valence-corrected chi connectivity index (χ4v) is 3.88. The van der Waals surface area contributed by atoms with E-state index in [1.165, 1.54) is 12.8 Å². The number of amides is 1. The Morgan fingerprint density at radius 3 is 2.70 bits per heavy atom. The van der Waals surface area contributed by atoms with Crippen molar-refractivity contribution in [3.63, 3.8) is 0 Å². The first-order valence-electron chi connectivity index (χ1n) is 10.5. The Labute approximate surface area is 181 Å². The molecule has 30 heavy (non-hydrogen) atoms. The number of likely N-dealkylation sites (tertiary alicyclic amines) is 1. The van der Waals surface area contributed by atoms with Crippen molar-refractivity contribution in [3.8, 4) is 17.1 Å². The number of nitrogens with zero attached hydrogens (tertiary/aromatic N) is 3. The van der Waals surface area contributed by atoms with Gasteiger partial charge in [-0.25, -0.2) is 4.68 Å². The fourth-order valence-electron chi connectivity index (χ4n) is 3.75. The average molecular weight is 427 g/mol. The van der Waals surface area contributed by atoms with Crippen LogP contribution in [0.5, 0.6) is 0 Å². The Morgan fingerprint density at radius 1 is 1.23 bits per heavy atom. The lowest BCUT2D eigenvalue weighted by atomic mass is 9.99. The number of furan rings is 1. The molecule has 2 aromatic heterocycles. The van der Waals surface area contributed by atoms with E-state index >= 15 is 0 Å². The third kappa shape index (κ3) is 4.94. The highest BCUT2D eigenvalue weighted by atomic mass is 35.5. The molecule has 3 aromatic rings. The van der Waals surface area contributed by atoms with Gasteiger partial charge >= 0.3 is 0 Å². The Morgan fingerprint density at radius 2 is 2.00 bits per heavy atom. The van der Waals surface area contributed by atoms with Gasteiger partial charge in [0.25, 0.3) is 5.91 Å². The molecular formula is C23H27ClN4O2. The van der Waals surface area contributed by atoms with E-state index in [1.54, 1.807) is 29.1 Å². The van der Waals surface area contributed by atoms with E-state index in [0.29, 0.717) is 23.0 Å². The number of rotatable bonds is 7. The molecule has 0 aliphatic carbocycles. The molecule has 0 unspecified atom stereocenters. The molecule has 1 saturated heterocycles. The summed E-state index contributed by atoms with van der Waals surface area (Å²) >= 11 is 6.01. The van der Waals surface area contributed by atoms with Crippen molar-refractivity contribution in [1.29, 1.82) is 0 Å². The number of nitrogens with one attached hydrogen (secondary N) is 1. The predicted octanol–water partition coefficient (Wildman–Crippen LogP) is 4.64. The summed E-state index contributed by atoms with van der Waals surface area (Å²) in [5.74, 6) is 1.30. The Balaban J connectivity index is 1.41. The first kappa shape index (κ1) is 20.7. The molecule has 0 atom stereocenters. The second-order valence-electron chi connectivity index (χ2n) is 7.91. The van der Waals surface area contributed by atoms with E-state index in [9.17, 15) is 4.79 Å². The number of carbonyl (C=O) groups is 1. The third-order valence-electron chi connectivity index (χ3n) is 5.60. The van der Waals surface area contributed by atoms with Crippen LogP contribution in [0.2, 0.25) is 5.02 Å². The Kier molecular flexibility index (Phi) is 6.55. The Hall–Kier alpha value is -2.57. The number of piperidine rings is 1. The van der Waals surface area contributed by atoms with Gasteiger partial charge in [-0.2, -0.15) is 5.10 Å². The molecule has 1 aliphatic heterocycles. The molecule has 1 aromatic carbocycles. The van der Waals surface area contributed by atoms with Crippen molar-refractivity contribution in [2.75, 3.05) is 26.2 Å². The number of benzene rings is 1. The molecule has 1 aliphatic rings. The summed E-state index contributed by atoms with van der Waals surface area (Å²) in [7, 11) is 0. The van der Waals surface area contributed by atoms with Crippen molar-refractivity contribution < 1.29 is 9.21 Å². The SMILES string of the molecule is CC1CCN(CCCNC(=O)c2cc(-c3ccco3)n(-c3ccc(Cl)cc3)n2)CC1. The number of carbonyl (C=O) groups excluding carboxylic acids is 1. The number of hydrogen-bond donors (Lipinski definition) is 1. The molecule has 158 valence electrons. The minimum Gasteiger partial charge on any atom is -0.463 e. The number of halogens is 1. The molecule has 0 saturated carbocycles. The number of hydrogen-bond acceptors (Lipinski definition) is 4. The van der Waals surface area contributed by atoms with Crippen LogP contribution in [0.15, 0.2) is 53.1 Å². The first-order chi connectivity index (χ1) is 14.6. The zero-order valence-corrected chi connectivity index (χ0v) is 17.9. The van der Waals surface area contributed by atoms with Gasteiger partial charge in [0.15, 0.2) is 11.5 Å². The van der Waals surface area contributed by atoms with Crippen molar-refractivity contribution in [3.05, 3.63) is 59.4 Å². The summed E-state index contributed by atoms with van der Waals surface area (Å²) in [5.41, 5.74) is 1.89. The molecular weight excluding hydrogens is 400 g/mol. The van der Waals surface area contributed by atoms with Crippen LogP contribution < -0.4 is 5.32 Å². The monoisotopic (exact) mass is 426 g/mol. The normalized spacial score (nSPS) is 15.4. The van der Waals surface area contributed by atoms with Gasteiger partial charge in [0, 0.05) is 17.6 Å². The molecule has 4 rings (SSSR count). The maximum absolute atomic E-state index is 12.7. The molecule has 6 nitrogen and oxygen atoms in total. The summed E-state index contributed by atoms with van der Waals surface area (Å²) in [6.45, 7) is 6.29. The van der Waals surface area contributed by atoms with Crippen LogP contribution in [0.25, 0.3) is 17.1 Å². The fraction of sp³-hybridized carbons (Fsp3) is 0.391. The van der Waals surface area contributed by atoms with Gasteiger partial charge in [0.05, 0.1) is 12.0 Å². The van der Waals surface area contributed by atoms with Gasteiger partial charge in [0.1, 0.15) is 5.69 Å². The maximum atomic E-state index is 12.7. The van der Waals surface area contributed by atoms with Crippen molar-refractivity contribution in [2.24, 2.45) is 5.92 Å². The van der Waals surface area contributed by atoms with E-state index in [0.717, 1.165) is 43.4 Å². The van der Waals surface area contributed by atoms with Gasteiger partial charge in [-0.3, -0.25) is 4.79 Å². The van der Waals surface area contributed by atoms with Gasteiger partial charge in [-0.15, -0.1) is 0 Å². The van der Waals surface area contributed by atoms with E-state index in [2.05, 4.69) is 22.2 Å². The topological polar surface area (TPSA) is 63.3 Å². The van der Waals surface area contributed by atoms with Crippen molar-refractivity contribution >= 4 is 17.5 Å². The standard InChI is InChI=1S/C23H27ClN4O2/c1-17-9-13-27(14-10-17)12-3-11-25-23(29)20-16-21(22-4-2-15-30-22)28(26-20)19-7-5-18(24)6-8-19/h2,4-8,15-17H,3,9-14H2,1H3,(H,25,29). The molecule has 0 bridgehead atoms. The van der Waals surface area contributed by atoms with Crippen molar-refractivity contribution in [2.45, 2.75) is 26.2 Å². The second-order valence-corrected chi connectivity index (χ2v) is 8.35. The van der Waals surface area contributed by atoms with Gasteiger partial charge < -0.3 is 14.6 Å². The average Bonchev–Trinajstić information content (AvgIpc) is 3.43. The predicted molar refractivity (Wildman–Crippen MR) is 118 cm³/mol. The van der Waals surface area contributed by atoms with Gasteiger partial charge in [-0.05, 0) is 81.2 Å². The molecule has 0 spiro atoms. The van der Waals surface area contributed by atoms with Crippen LogP contribution >= 0.6 is 11.6 Å². The van der Waals surface area contributed by atoms with E-state index in [1.807, 2.05) is 24.3 Å². The van der Waals surface area contributed by atoms with E-state index in [-0.39, 0.29) is 5.91 Å². The minimum atomic E-state index is -0.178. The van der Waals surface area contributed by atoms with Crippen LogP contribution in [0.1, 0.15) is 36.7 Å². The molecule has 1 fully saturated rings. The second kappa shape index (κ2) is 9.49. The van der Waals surface area contributed by atoms with Gasteiger partial charge in [-0.1, -0.05) is 18.5 Å². The number of aromatic nitrogens is 2. The smallest absolute Gasteiger partial charge is 0.271 e. The largest absolute Gasteiger partial charge is 0.463 e. The van der Waals surface area contributed by atoms with Crippen LogP contribution in [0.3, 0.4) is 0 Å². The Bertz CT molecular complexity index is 958. The zero-order valence-electron chi connectivity index (χ0n) is 17.2. The summed E-state index contributed by atoms with van der Waals surface area (Å²) in [4.78, 5) is 15.2. The maximum Gasteiger partial charge on any atom is 0.271 e. The highest BCUT2D eigenvalue weighted by molar-refractivity contribution is 6.30. The van der Waals surface area contributed by atoms with Crippen LogP contribution in [-0.4, -0.2) is 46.8 Å². The quantitative estimate of drug-likeness (QED) is 0.559. The summed E-state index contributed by atoms with van der Waals surface area (Å²) in [6.07, 6.45) is 5.08. The lowest BCUT2D eigenvalue weighted by Gasteiger charge is -2.30. The van der Waals surface area contributed by atoms with Crippen LogP contribution in [0, 0.1) is 5.92 Å². The molecule has 7 heteroatoms. The highest BCUT2D eigenvalue weighted by Crippen LogP contribution is 2.25. The van der Waals surface area contributed by atoms with Crippen LogP contribution in [-0.2, 0) is 0 Å². The molecule has 1 amide bonds. The van der Waals surface area contributed by atoms with E-state index in [4.69, 9.17) is 16.0 Å². The first-order valence-corrected chi connectivity index (χ1v) is 10.9.